The third kappa shape index (κ3) is 5.11. The molecule has 0 heterocycles. The van der Waals surface area contributed by atoms with Crippen molar-refractivity contribution in [1.29, 1.82) is 0 Å². The van der Waals surface area contributed by atoms with Crippen LogP contribution in [0.4, 0.5) is 5.69 Å². The van der Waals surface area contributed by atoms with Crippen LogP contribution >= 0.6 is 11.6 Å². The Bertz CT molecular complexity index is 838. The number of nitrogens with one attached hydrogen (secondary N) is 1. The van der Waals surface area contributed by atoms with Crippen molar-refractivity contribution < 1.29 is 17.9 Å². The number of anilines is 1. The number of nitrogens with zero attached hydrogens (tertiary/aromatic N) is 1. The largest absolute Gasteiger partial charge is 0.495 e. The summed E-state index contributed by atoms with van der Waals surface area (Å²) in [5.74, 6) is 0.141. The van der Waals surface area contributed by atoms with Crippen LogP contribution in [0.5, 0.6) is 5.75 Å². The fraction of sp³-hybridized carbons (Fsp3) is 0.235. The second-order valence-electron chi connectivity index (χ2n) is 5.27. The quantitative estimate of drug-likeness (QED) is 0.798. The van der Waals surface area contributed by atoms with Crippen LogP contribution in [0, 0.1) is 0 Å². The topological polar surface area (TPSA) is 75.7 Å². The summed E-state index contributed by atoms with van der Waals surface area (Å²) in [4.78, 5) is 12.1. The van der Waals surface area contributed by atoms with Gasteiger partial charge in [0.05, 0.1) is 25.6 Å². The van der Waals surface area contributed by atoms with Crippen molar-refractivity contribution in [2.75, 3.05) is 30.8 Å². The maximum Gasteiger partial charge on any atom is 0.251 e. The first-order chi connectivity index (χ1) is 11.8. The fourth-order valence-electron chi connectivity index (χ4n) is 2.28. The zero-order chi connectivity index (χ0) is 18.4. The molecule has 0 bridgehead atoms. The molecular weight excluding hydrogens is 364 g/mol. The maximum absolute atomic E-state index is 12.1. The van der Waals surface area contributed by atoms with Crippen LogP contribution < -0.4 is 14.4 Å². The number of para-hydroxylation sites is 2. The highest BCUT2D eigenvalue weighted by Gasteiger charge is 2.20. The Morgan fingerprint density at radius 2 is 1.80 bits per heavy atom. The lowest BCUT2D eigenvalue weighted by Gasteiger charge is -2.24. The number of carbonyl (C=O) groups is 1. The minimum atomic E-state index is -3.53. The molecule has 0 saturated carbocycles. The monoisotopic (exact) mass is 382 g/mol. The number of halogens is 1. The summed E-state index contributed by atoms with van der Waals surface area (Å²) in [5, 5.41) is 3.24. The maximum atomic E-state index is 12.1. The van der Waals surface area contributed by atoms with E-state index in [2.05, 4.69) is 5.32 Å². The van der Waals surface area contributed by atoms with Crippen molar-refractivity contribution in [1.82, 2.24) is 5.32 Å². The molecule has 2 rings (SSSR count). The average molecular weight is 383 g/mol. The lowest BCUT2D eigenvalue weighted by atomic mass is 10.2. The zero-order valence-electron chi connectivity index (χ0n) is 13.9. The van der Waals surface area contributed by atoms with Gasteiger partial charge in [-0.25, -0.2) is 8.42 Å². The van der Waals surface area contributed by atoms with Gasteiger partial charge >= 0.3 is 0 Å². The Morgan fingerprint density at radius 1 is 1.16 bits per heavy atom. The predicted octanol–water partition coefficient (Wildman–Crippen LogP) is 2.54. The Morgan fingerprint density at radius 3 is 2.40 bits per heavy atom. The van der Waals surface area contributed by atoms with Crippen molar-refractivity contribution in [2.45, 2.75) is 0 Å². The summed E-state index contributed by atoms with van der Waals surface area (Å²) < 4.78 is 30.7. The lowest BCUT2D eigenvalue weighted by molar-refractivity contribution is 0.0955. The number of ether oxygens (including phenoxy) is 1. The van der Waals surface area contributed by atoms with Crippen molar-refractivity contribution >= 4 is 33.2 Å². The summed E-state index contributed by atoms with van der Waals surface area (Å²) in [6.45, 7) is 0.227. The van der Waals surface area contributed by atoms with Gasteiger partial charge in [0, 0.05) is 17.1 Å². The predicted molar refractivity (Wildman–Crippen MR) is 99.0 cm³/mol. The molecule has 0 atom stereocenters. The molecule has 1 N–H and O–H groups in total. The number of hydrogen-bond donors (Lipinski definition) is 1. The Balaban J connectivity index is 2.09. The fourth-order valence-corrected chi connectivity index (χ4v) is 3.33. The van der Waals surface area contributed by atoms with Gasteiger partial charge in [0.2, 0.25) is 10.0 Å². The average Bonchev–Trinajstić information content (AvgIpc) is 2.58. The van der Waals surface area contributed by atoms with Gasteiger partial charge < -0.3 is 10.1 Å². The second kappa shape index (κ2) is 8.22. The van der Waals surface area contributed by atoms with E-state index in [4.69, 9.17) is 16.3 Å². The molecular formula is C17H19ClN2O4S. The van der Waals surface area contributed by atoms with E-state index in [-0.39, 0.29) is 19.0 Å². The molecule has 0 unspecified atom stereocenters. The van der Waals surface area contributed by atoms with E-state index in [1.807, 2.05) is 0 Å². The van der Waals surface area contributed by atoms with Crippen molar-refractivity contribution in [2.24, 2.45) is 0 Å². The molecule has 2 aromatic carbocycles. The molecule has 0 spiro atoms. The van der Waals surface area contributed by atoms with Crippen LogP contribution in [0.1, 0.15) is 10.4 Å². The molecule has 8 heteroatoms. The standard InChI is InChI=1S/C17H19ClN2O4S/c1-24-16-6-4-3-5-15(16)20(25(2,22)23)12-11-19-17(21)13-7-9-14(18)10-8-13/h3-10H,11-12H2,1-2H3,(H,19,21). The Hall–Kier alpha value is -2.25. The smallest absolute Gasteiger partial charge is 0.251 e. The molecule has 25 heavy (non-hydrogen) atoms. The molecule has 0 aromatic heterocycles. The normalized spacial score (nSPS) is 11.0. The van der Waals surface area contributed by atoms with Crippen molar-refractivity contribution in [3.8, 4) is 5.75 Å². The van der Waals surface area contributed by atoms with Crippen LogP contribution in [-0.4, -0.2) is 40.8 Å². The molecule has 0 saturated heterocycles. The third-order valence-corrected chi connectivity index (χ3v) is 4.89. The van der Waals surface area contributed by atoms with Gasteiger partial charge in [-0.1, -0.05) is 23.7 Å². The van der Waals surface area contributed by atoms with E-state index < -0.39 is 10.0 Å². The van der Waals surface area contributed by atoms with Gasteiger partial charge in [-0.05, 0) is 36.4 Å². The highest BCUT2D eigenvalue weighted by molar-refractivity contribution is 7.92. The van der Waals surface area contributed by atoms with E-state index in [0.29, 0.717) is 22.0 Å². The van der Waals surface area contributed by atoms with E-state index in [1.165, 1.54) is 11.4 Å². The van der Waals surface area contributed by atoms with Crippen LogP contribution in [-0.2, 0) is 10.0 Å². The van der Waals surface area contributed by atoms with Gasteiger partial charge in [0.1, 0.15) is 5.75 Å². The van der Waals surface area contributed by atoms with Gasteiger partial charge in [-0.3, -0.25) is 9.10 Å². The number of sulfonamides is 1. The number of rotatable bonds is 7. The highest BCUT2D eigenvalue weighted by atomic mass is 35.5. The Labute approximate surface area is 152 Å². The van der Waals surface area contributed by atoms with Crippen LogP contribution in [0.3, 0.4) is 0 Å². The van der Waals surface area contributed by atoms with Gasteiger partial charge in [-0.15, -0.1) is 0 Å². The molecule has 0 fully saturated rings. The van der Waals surface area contributed by atoms with Crippen LogP contribution in [0.15, 0.2) is 48.5 Å². The van der Waals surface area contributed by atoms with E-state index >= 15 is 0 Å². The molecule has 0 aliphatic rings. The van der Waals surface area contributed by atoms with Crippen molar-refractivity contribution in [3.05, 3.63) is 59.1 Å². The summed E-state index contributed by atoms with van der Waals surface area (Å²) in [7, 11) is -2.06. The van der Waals surface area contributed by atoms with E-state index in [9.17, 15) is 13.2 Å². The Kier molecular flexibility index (Phi) is 6.27. The number of amides is 1. The molecule has 2 aromatic rings. The number of benzene rings is 2. The number of carbonyl (C=O) groups excluding carboxylic acids is 1. The van der Waals surface area contributed by atoms with Crippen molar-refractivity contribution in [3.63, 3.8) is 0 Å². The van der Waals surface area contributed by atoms with E-state index in [1.54, 1.807) is 48.5 Å². The summed E-state index contributed by atoms with van der Waals surface area (Å²) in [6, 6.07) is 13.3. The first-order valence-electron chi connectivity index (χ1n) is 7.47. The molecule has 0 aliphatic carbocycles. The minimum Gasteiger partial charge on any atom is -0.495 e. The second-order valence-corrected chi connectivity index (χ2v) is 7.61. The van der Waals surface area contributed by atoms with E-state index in [0.717, 1.165) is 6.26 Å². The number of methoxy groups -OCH3 is 1. The molecule has 134 valence electrons. The highest BCUT2D eigenvalue weighted by Crippen LogP contribution is 2.29. The third-order valence-electron chi connectivity index (χ3n) is 3.46. The zero-order valence-corrected chi connectivity index (χ0v) is 15.5. The summed E-state index contributed by atoms with van der Waals surface area (Å²) >= 11 is 5.79. The van der Waals surface area contributed by atoms with Crippen LogP contribution in [0.2, 0.25) is 5.02 Å². The molecule has 1 amide bonds. The SMILES string of the molecule is COc1ccccc1N(CCNC(=O)c1ccc(Cl)cc1)S(C)(=O)=O. The molecule has 0 radical (unpaired) electrons. The first kappa shape index (κ1) is 19.1. The van der Waals surface area contributed by atoms with Crippen LogP contribution in [0.25, 0.3) is 0 Å². The number of hydrogen-bond acceptors (Lipinski definition) is 4. The molecule has 0 aliphatic heterocycles. The molecule has 6 nitrogen and oxygen atoms in total. The summed E-state index contributed by atoms with van der Waals surface area (Å²) in [6.07, 6.45) is 1.11. The minimum absolute atomic E-state index is 0.0819. The van der Waals surface area contributed by atoms with Gasteiger partial charge in [0.15, 0.2) is 0 Å². The first-order valence-corrected chi connectivity index (χ1v) is 9.70. The van der Waals surface area contributed by atoms with Gasteiger partial charge in [-0.2, -0.15) is 0 Å². The summed E-state index contributed by atoms with van der Waals surface area (Å²) in [5.41, 5.74) is 0.876. The van der Waals surface area contributed by atoms with Gasteiger partial charge in [0.25, 0.3) is 5.91 Å². The lowest BCUT2D eigenvalue weighted by Crippen LogP contribution is -2.38.